The summed E-state index contributed by atoms with van der Waals surface area (Å²) in [5.41, 5.74) is 0.00799. The zero-order valence-corrected chi connectivity index (χ0v) is 10.1. The predicted octanol–water partition coefficient (Wildman–Crippen LogP) is 2.58. The molecule has 0 radical (unpaired) electrons. The van der Waals surface area contributed by atoms with Crippen LogP contribution in [0.1, 0.15) is 47.0 Å². The third-order valence-corrected chi connectivity index (χ3v) is 2.63. The first-order valence-electron chi connectivity index (χ1n) is 5.90. The van der Waals surface area contributed by atoms with Gasteiger partial charge in [-0.15, -0.1) is 0 Å². The van der Waals surface area contributed by atoms with Gasteiger partial charge in [0.2, 0.25) is 0 Å². The van der Waals surface area contributed by atoms with Crippen LogP contribution < -0.4 is 5.32 Å². The summed E-state index contributed by atoms with van der Waals surface area (Å²) in [6.07, 6.45) is 4.09. The van der Waals surface area contributed by atoms with Gasteiger partial charge in [0.05, 0.1) is 12.2 Å². The Hall–Kier alpha value is -0.0800. The van der Waals surface area contributed by atoms with Crippen LogP contribution in [-0.2, 0) is 4.74 Å². The summed E-state index contributed by atoms with van der Waals surface area (Å²) >= 11 is 0. The van der Waals surface area contributed by atoms with Gasteiger partial charge in [0.15, 0.2) is 0 Å². The summed E-state index contributed by atoms with van der Waals surface area (Å²) in [5, 5.41) is 3.54. The highest BCUT2D eigenvalue weighted by Gasteiger charge is 2.35. The van der Waals surface area contributed by atoms with E-state index in [0.717, 1.165) is 25.1 Å². The fourth-order valence-corrected chi connectivity index (χ4v) is 1.79. The summed E-state index contributed by atoms with van der Waals surface area (Å²) in [6.45, 7) is 10.4. The van der Waals surface area contributed by atoms with E-state index in [4.69, 9.17) is 4.74 Å². The summed E-state index contributed by atoms with van der Waals surface area (Å²) in [6, 6.07) is 0.790. The van der Waals surface area contributed by atoms with Crippen molar-refractivity contribution in [3.8, 4) is 0 Å². The average molecular weight is 199 g/mol. The molecule has 0 aromatic carbocycles. The molecule has 2 atom stereocenters. The van der Waals surface area contributed by atoms with Gasteiger partial charge in [-0.25, -0.2) is 0 Å². The average Bonchev–Trinajstić information content (AvgIpc) is 2.77. The summed E-state index contributed by atoms with van der Waals surface area (Å²) in [5.74, 6) is 0.953. The quantitative estimate of drug-likeness (QED) is 0.664. The first kappa shape index (κ1) is 12.0. The van der Waals surface area contributed by atoms with E-state index in [1.165, 1.54) is 19.3 Å². The fraction of sp³-hybridized carbons (Fsp3) is 1.00. The van der Waals surface area contributed by atoms with Crippen LogP contribution in [-0.4, -0.2) is 24.8 Å². The predicted molar refractivity (Wildman–Crippen MR) is 60.5 cm³/mol. The molecule has 2 nitrogen and oxygen atoms in total. The molecule has 2 unspecified atom stereocenters. The summed E-state index contributed by atoms with van der Waals surface area (Å²) in [7, 11) is 0. The third-order valence-electron chi connectivity index (χ3n) is 2.63. The van der Waals surface area contributed by atoms with E-state index in [-0.39, 0.29) is 5.60 Å². The molecule has 1 aliphatic rings. The van der Waals surface area contributed by atoms with Crippen molar-refractivity contribution in [1.82, 2.24) is 5.32 Å². The Balaban J connectivity index is 1.91. The first-order valence-corrected chi connectivity index (χ1v) is 5.90. The standard InChI is InChI=1S/C12H25NO/c1-5-6-10-9-11(10)13-7-8-14-12(2,3)4/h10-11,13H,5-9H2,1-4H3. The molecule has 2 heteroatoms. The van der Waals surface area contributed by atoms with Crippen molar-refractivity contribution in [1.29, 1.82) is 0 Å². The van der Waals surface area contributed by atoms with Crippen molar-refractivity contribution in [3.05, 3.63) is 0 Å². The van der Waals surface area contributed by atoms with Gasteiger partial charge in [-0.2, -0.15) is 0 Å². The van der Waals surface area contributed by atoms with Crippen molar-refractivity contribution in [2.75, 3.05) is 13.2 Å². The molecule has 0 saturated heterocycles. The van der Waals surface area contributed by atoms with E-state index in [9.17, 15) is 0 Å². The Morgan fingerprint density at radius 2 is 2.07 bits per heavy atom. The minimum atomic E-state index is 0.00799. The van der Waals surface area contributed by atoms with Crippen LogP contribution in [0.3, 0.4) is 0 Å². The summed E-state index contributed by atoms with van der Waals surface area (Å²) in [4.78, 5) is 0. The number of hydrogen-bond acceptors (Lipinski definition) is 2. The molecule has 1 aliphatic carbocycles. The van der Waals surface area contributed by atoms with Crippen LogP contribution in [0, 0.1) is 5.92 Å². The molecule has 0 spiro atoms. The fourth-order valence-electron chi connectivity index (χ4n) is 1.79. The van der Waals surface area contributed by atoms with Gasteiger partial charge in [-0.05, 0) is 39.5 Å². The number of nitrogens with one attached hydrogen (secondary N) is 1. The SMILES string of the molecule is CCCC1CC1NCCOC(C)(C)C. The Labute approximate surface area is 88.4 Å². The van der Waals surface area contributed by atoms with Crippen LogP contribution >= 0.6 is 0 Å². The van der Waals surface area contributed by atoms with Crippen molar-refractivity contribution in [2.24, 2.45) is 5.92 Å². The first-order chi connectivity index (χ1) is 6.53. The normalized spacial score (nSPS) is 26.6. The maximum Gasteiger partial charge on any atom is 0.0599 e. The van der Waals surface area contributed by atoms with Crippen molar-refractivity contribution in [2.45, 2.75) is 58.6 Å². The molecular formula is C12H25NO. The molecule has 1 N–H and O–H groups in total. The molecule has 0 amide bonds. The van der Waals surface area contributed by atoms with Gasteiger partial charge >= 0.3 is 0 Å². The molecule has 0 aromatic heterocycles. The summed E-state index contributed by atoms with van der Waals surface area (Å²) < 4.78 is 5.64. The van der Waals surface area contributed by atoms with E-state index in [1.54, 1.807) is 0 Å². The minimum Gasteiger partial charge on any atom is -0.375 e. The van der Waals surface area contributed by atoms with Gasteiger partial charge < -0.3 is 10.1 Å². The molecule has 0 heterocycles. The number of hydrogen-bond donors (Lipinski definition) is 1. The number of rotatable bonds is 6. The number of ether oxygens (including phenoxy) is 1. The van der Waals surface area contributed by atoms with E-state index in [2.05, 4.69) is 33.0 Å². The van der Waals surface area contributed by atoms with E-state index in [1.807, 2.05) is 0 Å². The Bertz CT molecular complexity index is 162. The molecule has 0 bridgehead atoms. The van der Waals surface area contributed by atoms with Crippen LogP contribution in [0.5, 0.6) is 0 Å². The second-order valence-corrected chi connectivity index (χ2v) is 5.31. The van der Waals surface area contributed by atoms with Gasteiger partial charge in [0.1, 0.15) is 0 Å². The van der Waals surface area contributed by atoms with Gasteiger partial charge in [-0.3, -0.25) is 0 Å². The van der Waals surface area contributed by atoms with Crippen molar-refractivity contribution >= 4 is 0 Å². The topological polar surface area (TPSA) is 21.3 Å². The van der Waals surface area contributed by atoms with Crippen LogP contribution in [0.2, 0.25) is 0 Å². The zero-order chi connectivity index (χ0) is 10.6. The molecule has 0 aliphatic heterocycles. The maximum absolute atomic E-state index is 5.64. The highest BCUT2D eigenvalue weighted by molar-refractivity contribution is 4.92. The molecule has 1 saturated carbocycles. The largest absolute Gasteiger partial charge is 0.375 e. The molecule has 84 valence electrons. The third kappa shape index (κ3) is 4.97. The highest BCUT2D eigenvalue weighted by atomic mass is 16.5. The lowest BCUT2D eigenvalue weighted by atomic mass is 10.2. The Kier molecular flexibility index (Phi) is 4.39. The van der Waals surface area contributed by atoms with Crippen molar-refractivity contribution < 1.29 is 4.74 Å². The van der Waals surface area contributed by atoms with E-state index in [0.29, 0.717) is 0 Å². The van der Waals surface area contributed by atoms with E-state index >= 15 is 0 Å². The van der Waals surface area contributed by atoms with Crippen molar-refractivity contribution in [3.63, 3.8) is 0 Å². The molecular weight excluding hydrogens is 174 g/mol. The molecule has 0 aromatic rings. The molecule has 1 rings (SSSR count). The second-order valence-electron chi connectivity index (χ2n) is 5.31. The van der Waals surface area contributed by atoms with Gasteiger partial charge in [0.25, 0.3) is 0 Å². The highest BCUT2D eigenvalue weighted by Crippen LogP contribution is 2.34. The van der Waals surface area contributed by atoms with Crippen LogP contribution in [0.15, 0.2) is 0 Å². The zero-order valence-electron chi connectivity index (χ0n) is 10.1. The minimum absolute atomic E-state index is 0.00799. The second kappa shape index (κ2) is 5.13. The smallest absolute Gasteiger partial charge is 0.0599 e. The van der Waals surface area contributed by atoms with Gasteiger partial charge in [-0.1, -0.05) is 13.3 Å². The lowest BCUT2D eigenvalue weighted by Gasteiger charge is -2.19. The van der Waals surface area contributed by atoms with Crippen LogP contribution in [0.25, 0.3) is 0 Å². The monoisotopic (exact) mass is 199 g/mol. The maximum atomic E-state index is 5.64. The lowest BCUT2D eigenvalue weighted by Crippen LogP contribution is -2.28. The Morgan fingerprint density at radius 1 is 1.36 bits per heavy atom. The lowest BCUT2D eigenvalue weighted by molar-refractivity contribution is -0.00101. The Morgan fingerprint density at radius 3 is 2.64 bits per heavy atom. The molecule has 14 heavy (non-hydrogen) atoms. The van der Waals surface area contributed by atoms with E-state index < -0.39 is 0 Å². The van der Waals surface area contributed by atoms with Crippen LogP contribution in [0.4, 0.5) is 0 Å². The molecule has 1 fully saturated rings. The van der Waals surface area contributed by atoms with Gasteiger partial charge in [0, 0.05) is 12.6 Å².